The molecule has 4 aromatic carbocycles. The molecule has 6 heteroatoms. The van der Waals surface area contributed by atoms with E-state index in [9.17, 15) is 0 Å². The zero-order chi connectivity index (χ0) is 22.9. The normalized spacial score (nSPS) is 11.4. The number of hydrogen-bond acceptors (Lipinski definition) is 3. The van der Waals surface area contributed by atoms with Gasteiger partial charge in [0, 0.05) is 39.2 Å². The second-order valence-electron chi connectivity index (χ2n) is 8.14. The van der Waals surface area contributed by atoms with E-state index in [1.807, 2.05) is 36.4 Å². The highest BCUT2D eigenvalue weighted by atomic mass is 35.5. The first kappa shape index (κ1) is 21.0. The first-order chi connectivity index (χ1) is 16.8. The summed E-state index contributed by atoms with van der Waals surface area (Å²) < 4.78 is 2.16. The van der Waals surface area contributed by atoms with E-state index in [1.165, 1.54) is 16.3 Å². The van der Waals surface area contributed by atoms with Crippen LogP contribution in [0.5, 0.6) is 0 Å². The Morgan fingerprint density at radius 3 is 2.35 bits per heavy atom. The van der Waals surface area contributed by atoms with E-state index in [1.54, 1.807) is 11.8 Å². The fourth-order valence-corrected chi connectivity index (χ4v) is 5.61. The molecule has 1 N–H and O–H groups in total. The van der Waals surface area contributed by atoms with Crippen molar-refractivity contribution in [2.75, 3.05) is 0 Å². The van der Waals surface area contributed by atoms with E-state index in [0.29, 0.717) is 6.42 Å². The molecule has 0 aliphatic carbocycles. The molecule has 4 nitrogen and oxygen atoms in total. The van der Waals surface area contributed by atoms with Crippen molar-refractivity contribution < 1.29 is 0 Å². The van der Waals surface area contributed by atoms with Gasteiger partial charge in [-0.3, -0.25) is 4.57 Å². The lowest BCUT2D eigenvalue weighted by atomic mass is 10.1. The number of benzene rings is 4. The maximum Gasteiger partial charge on any atom is 0.196 e. The highest BCUT2D eigenvalue weighted by molar-refractivity contribution is 7.98. The molecule has 6 aromatic rings. The molecule has 0 saturated heterocycles. The molecule has 2 heterocycles. The number of para-hydroxylation sites is 3. The number of H-pyrrole nitrogens is 1. The SMILES string of the molecule is Clc1ccccc1CSc1nnc(Cc2cccc3c2[nH]c2ccccc23)n1-c1ccccc1. The summed E-state index contributed by atoms with van der Waals surface area (Å²) in [5.41, 5.74) is 5.62. The third kappa shape index (κ3) is 3.87. The van der Waals surface area contributed by atoms with Crippen LogP contribution < -0.4 is 0 Å². The molecule has 0 spiro atoms. The number of fused-ring (bicyclic) bond motifs is 3. The van der Waals surface area contributed by atoms with Crippen LogP contribution in [-0.4, -0.2) is 19.7 Å². The van der Waals surface area contributed by atoms with Gasteiger partial charge in [-0.05, 0) is 35.4 Å². The van der Waals surface area contributed by atoms with Gasteiger partial charge >= 0.3 is 0 Å². The summed E-state index contributed by atoms with van der Waals surface area (Å²) in [6, 6.07) is 33.1. The lowest BCUT2D eigenvalue weighted by Gasteiger charge is -2.11. The lowest BCUT2D eigenvalue weighted by molar-refractivity contribution is 0.849. The van der Waals surface area contributed by atoms with E-state index in [0.717, 1.165) is 44.0 Å². The molecular formula is C28H21ClN4S. The summed E-state index contributed by atoms with van der Waals surface area (Å²) in [5.74, 6) is 1.63. The van der Waals surface area contributed by atoms with Crippen molar-refractivity contribution in [3.63, 3.8) is 0 Å². The van der Waals surface area contributed by atoms with Gasteiger partial charge in [0.1, 0.15) is 5.82 Å². The molecule has 34 heavy (non-hydrogen) atoms. The molecule has 0 unspecified atom stereocenters. The van der Waals surface area contributed by atoms with Crippen LogP contribution in [0.15, 0.2) is 102 Å². The van der Waals surface area contributed by atoms with Gasteiger partial charge in [-0.2, -0.15) is 0 Å². The number of aromatic nitrogens is 4. The van der Waals surface area contributed by atoms with Crippen LogP contribution >= 0.6 is 23.4 Å². The van der Waals surface area contributed by atoms with Crippen LogP contribution in [0.1, 0.15) is 17.0 Å². The smallest absolute Gasteiger partial charge is 0.196 e. The molecule has 2 aromatic heterocycles. The third-order valence-corrected chi connectivity index (χ3v) is 7.35. The Kier molecular flexibility index (Phi) is 5.57. The Bertz CT molecular complexity index is 1600. The fraction of sp³-hybridized carbons (Fsp3) is 0.0714. The third-order valence-electron chi connectivity index (χ3n) is 6.01. The van der Waals surface area contributed by atoms with E-state index >= 15 is 0 Å². The van der Waals surface area contributed by atoms with Gasteiger partial charge in [0.15, 0.2) is 5.16 Å². The van der Waals surface area contributed by atoms with Crippen molar-refractivity contribution >= 4 is 45.2 Å². The van der Waals surface area contributed by atoms with Crippen LogP contribution in [0.2, 0.25) is 5.02 Å². The Morgan fingerprint density at radius 1 is 0.735 bits per heavy atom. The molecule has 0 bridgehead atoms. The molecule has 0 amide bonds. The number of rotatable bonds is 6. The molecule has 0 saturated carbocycles. The van der Waals surface area contributed by atoms with Crippen molar-refractivity contribution in [2.24, 2.45) is 0 Å². The molecule has 0 aliphatic rings. The molecule has 0 radical (unpaired) electrons. The van der Waals surface area contributed by atoms with Crippen molar-refractivity contribution in [3.05, 3.63) is 119 Å². The summed E-state index contributed by atoms with van der Waals surface area (Å²) in [7, 11) is 0. The first-order valence-electron chi connectivity index (χ1n) is 11.1. The topological polar surface area (TPSA) is 46.5 Å². The Hall–Kier alpha value is -3.54. The van der Waals surface area contributed by atoms with Crippen molar-refractivity contribution in [1.29, 1.82) is 0 Å². The van der Waals surface area contributed by atoms with Crippen molar-refractivity contribution in [3.8, 4) is 5.69 Å². The molecule has 0 atom stereocenters. The minimum atomic E-state index is 0.665. The number of thioether (sulfide) groups is 1. The molecule has 0 aliphatic heterocycles. The second kappa shape index (κ2) is 9.01. The molecule has 166 valence electrons. The monoisotopic (exact) mass is 480 g/mol. The molecular weight excluding hydrogens is 460 g/mol. The molecule has 6 rings (SSSR count). The number of halogens is 1. The van der Waals surface area contributed by atoms with E-state index in [2.05, 4.69) is 80.4 Å². The predicted molar refractivity (Wildman–Crippen MR) is 141 cm³/mol. The van der Waals surface area contributed by atoms with Crippen LogP contribution in [0, 0.1) is 0 Å². The minimum absolute atomic E-state index is 0.665. The van der Waals surface area contributed by atoms with E-state index < -0.39 is 0 Å². The van der Waals surface area contributed by atoms with Gasteiger partial charge in [0.2, 0.25) is 0 Å². The van der Waals surface area contributed by atoms with Gasteiger partial charge in [-0.15, -0.1) is 10.2 Å². The summed E-state index contributed by atoms with van der Waals surface area (Å²) in [5, 5.41) is 13.3. The standard InChI is InChI=1S/C28H21ClN4S/c29-24-15-6-4-9-20(24)18-34-28-32-31-26(33(28)21-11-2-1-3-12-21)17-19-10-8-14-23-22-13-5-7-16-25(22)30-27(19)23/h1-16,30H,17-18H2. The van der Waals surface area contributed by atoms with Crippen LogP contribution in [-0.2, 0) is 12.2 Å². The first-order valence-corrected chi connectivity index (χ1v) is 12.5. The van der Waals surface area contributed by atoms with Gasteiger partial charge in [-0.1, -0.05) is 96.2 Å². The van der Waals surface area contributed by atoms with E-state index in [-0.39, 0.29) is 0 Å². The molecule has 0 fully saturated rings. The largest absolute Gasteiger partial charge is 0.354 e. The zero-order valence-electron chi connectivity index (χ0n) is 18.3. The van der Waals surface area contributed by atoms with Crippen LogP contribution in [0.4, 0.5) is 0 Å². The Morgan fingerprint density at radius 2 is 1.47 bits per heavy atom. The predicted octanol–water partition coefficient (Wildman–Crippen LogP) is 7.44. The Balaban J connectivity index is 1.40. The average Bonchev–Trinajstić information content (AvgIpc) is 3.46. The highest BCUT2D eigenvalue weighted by Gasteiger charge is 2.17. The van der Waals surface area contributed by atoms with Gasteiger partial charge in [0.25, 0.3) is 0 Å². The van der Waals surface area contributed by atoms with E-state index in [4.69, 9.17) is 11.6 Å². The lowest BCUT2D eigenvalue weighted by Crippen LogP contribution is -2.04. The zero-order valence-corrected chi connectivity index (χ0v) is 19.9. The van der Waals surface area contributed by atoms with Gasteiger partial charge < -0.3 is 4.98 Å². The maximum absolute atomic E-state index is 6.39. The quantitative estimate of drug-likeness (QED) is 0.252. The Labute approximate surface area is 206 Å². The number of nitrogens with zero attached hydrogens (tertiary/aromatic N) is 3. The van der Waals surface area contributed by atoms with Crippen LogP contribution in [0.3, 0.4) is 0 Å². The number of hydrogen-bond donors (Lipinski definition) is 1. The number of aromatic amines is 1. The van der Waals surface area contributed by atoms with Gasteiger partial charge in [-0.25, -0.2) is 0 Å². The average molecular weight is 481 g/mol. The van der Waals surface area contributed by atoms with Crippen molar-refractivity contribution in [1.82, 2.24) is 19.7 Å². The van der Waals surface area contributed by atoms with Crippen molar-refractivity contribution in [2.45, 2.75) is 17.3 Å². The maximum atomic E-state index is 6.39. The van der Waals surface area contributed by atoms with Gasteiger partial charge in [0.05, 0.1) is 5.52 Å². The summed E-state index contributed by atoms with van der Waals surface area (Å²) >= 11 is 8.03. The summed E-state index contributed by atoms with van der Waals surface area (Å²) in [6.07, 6.45) is 0.665. The van der Waals surface area contributed by atoms with Crippen LogP contribution in [0.25, 0.3) is 27.5 Å². The fourth-order valence-electron chi connectivity index (χ4n) is 4.35. The number of nitrogens with one attached hydrogen (secondary N) is 1. The minimum Gasteiger partial charge on any atom is -0.354 e. The summed E-state index contributed by atoms with van der Waals surface area (Å²) in [6.45, 7) is 0. The second-order valence-corrected chi connectivity index (χ2v) is 9.49. The summed E-state index contributed by atoms with van der Waals surface area (Å²) in [4.78, 5) is 3.61. The highest BCUT2D eigenvalue weighted by Crippen LogP contribution is 2.31.